The van der Waals surface area contributed by atoms with Gasteiger partial charge < -0.3 is 25.7 Å². The van der Waals surface area contributed by atoms with Crippen molar-refractivity contribution in [3.05, 3.63) is 78.4 Å². The number of carbonyl (C=O) groups excluding carboxylic acids is 3. The lowest BCUT2D eigenvalue weighted by atomic mass is 10.0. The van der Waals surface area contributed by atoms with Crippen molar-refractivity contribution in [1.82, 2.24) is 9.97 Å². The average Bonchev–Trinajstić information content (AvgIpc) is 3.59. The van der Waals surface area contributed by atoms with Crippen LogP contribution in [0.5, 0.6) is 0 Å². The number of esters is 1. The first-order valence-electron chi connectivity index (χ1n) is 11.8. The second-order valence-electron chi connectivity index (χ2n) is 8.72. The molecule has 0 unspecified atom stereocenters. The molecule has 0 saturated heterocycles. The molecule has 1 fully saturated rings. The molecule has 0 radical (unpaired) electrons. The van der Waals surface area contributed by atoms with E-state index in [9.17, 15) is 18.8 Å². The molecule has 2 heterocycles. The van der Waals surface area contributed by atoms with Gasteiger partial charge >= 0.3 is 5.97 Å². The monoisotopic (exact) mass is 501 g/mol. The number of anilines is 4. The fraction of sp³-hybridized carbons (Fsp3) is 0.185. The molecule has 9 nitrogen and oxygen atoms in total. The van der Waals surface area contributed by atoms with E-state index in [1.807, 2.05) is 0 Å². The highest BCUT2D eigenvalue weighted by atomic mass is 19.1. The maximum Gasteiger partial charge on any atom is 0.354 e. The number of aromatic amines is 1. The third-order valence-electron chi connectivity index (χ3n) is 6.17. The zero-order valence-electron chi connectivity index (χ0n) is 19.9. The third-order valence-corrected chi connectivity index (χ3v) is 6.17. The fourth-order valence-electron chi connectivity index (χ4n) is 3.96. The van der Waals surface area contributed by atoms with Crippen LogP contribution >= 0.6 is 0 Å². The van der Waals surface area contributed by atoms with Gasteiger partial charge in [0, 0.05) is 28.6 Å². The molecule has 2 aromatic heterocycles. The van der Waals surface area contributed by atoms with E-state index in [2.05, 4.69) is 25.9 Å². The molecule has 0 atom stereocenters. The number of amides is 2. The van der Waals surface area contributed by atoms with Gasteiger partial charge in [-0.15, -0.1) is 0 Å². The van der Waals surface area contributed by atoms with Crippen molar-refractivity contribution in [2.24, 2.45) is 5.41 Å². The lowest BCUT2D eigenvalue weighted by Gasteiger charge is -2.16. The molecular formula is C27H24FN5O4. The Morgan fingerprint density at radius 2 is 1.54 bits per heavy atom. The molecule has 2 aromatic carbocycles. The maximum atomic E-state index is 13.1. The largest absolute Gasteiger partial charge is 0.461 e. The lowest BCUT2D eigenvalue weighted by molar-refractivity contribution is -0.131. The minimum Gasteiger partial charge on any atom is -0.461 e. The Kier molecular flexibility index (Phi) is 6.31. The lowest BCUT2D eigenvalue weighted by Crippen LogP contribution is -2.35. The van der Waals surface area contributed by atoms with Crippen LogP contribution in [0.2, 0.25) is 0 Å². The number of fused-ring (bicyclic) bond motifs is 1. The summed E-state index contributed by atoms with van der Waals surface area (Å²) in [5, 5.41) is 9.52. The van der Waals surface area contributed by atoms with Crippen LogP contribution in [0.15, 0.2) is 66.9 Å². The Morgan fingerprint density at radius 3 is 2.14 bits per heavy atom. The third kappa shape index (κ3) is 4.99. The fourth-order valence-corrected chi connectivity index (χ4v) is 3.96. The summed E-state index contributed by atoms with van der Waals surface area (Å²) in [6.07, 6.45) is 2.50. The highest BCUT2D eigenvalue weighted by molar-refractivity contribution is 6.17. The van der Waals surface area contributed by atoms with Crippen molar-refractivity contribution in [2.75, 3.05) is 22.6 Å². The van der Waals surface area contributed by atoms with Gasteiger partial charge in [0.2, 0.25) is 11.8 Å². The number of ether oxygens (including phenoxy) is 1. The number of benzene rings is 2. The highest BCUT2D eigenvalue weighted by Gasteiger charge is 2.56. The Hall–Kier alpha value is -4.73. The van der Waals surface area contributed by atoms with Crippen molar-refractivity contribution >= 4 is 51.6 Å². The van der Waals surface area contributed by atoms with E-state index in [-0.39, 0.29) is 12.5 Å². The van der Waals surface area contributed by atoms with E-state index in [1.54, 1.807) is 49.5 Å². The number of aromatic nitrogens is 2. The second-order valence-corrected chi connectivity index (χ2v) is 8.72. The van der Waals surface area contributed by atoms with Crippen LogP contribution in [-0.2, 0) is 14.3 Å². The van der Waals surface area contributed by atoms with Crippen molar-refractivity contribution in [1.29, 1.82) is 0 Å². The molecule has 1 aliphatic rings. The van der Waals surface area contributed by atoms with Gasteiger partial charge in [-0.05, 0) is 80.4 Å². The Morgan fingerprint density at radius 1 is 0.946 bits per heavy atom. The van der Waals surface area contributed by atoms with Gasteiger partial charge in [-0.2, -0.15) is 0 Å². The van der Waals surface area contributed by atoms with Crippen LogP contribution in [0.25, 0.3) is 11.0 Å². The summed E-state index contributed by atoms with van der Waals surface area (Å²) in [6.45, 7) is 2.01. The second kappa shape index (κ2) is 9.73. The number of pyridine rings is 1. The Labute approximate surface area is 211 Å². The summed E-state index contributed by atoms with van der Waals surface area (Å²) >= 11 is 0. The Balaban J connectivity index is 1.24. The summed E-state index contributed by atoms with van der Waals surface area (Å²) in [6, 6.07) is 15.9. The number of hydrogen-bond donors (Lipinski definition) is 4. The van der Waals surface area contributed by atoms with E-state index in [0.717, 1.165) is 16.8 Å². The van der Waals surface area contributed by atoms with E-state index in [4.69, 9.17) is 4.74 Å². The van der Waals surface area contributed by atoms with Crippen molar-refractivity contribution in [3.63, 3.8) is 0 Å². The van der Waals surface area contributed by atoms with Crippen LogP contribution in [0.4, 0.5) is 27.1 Å². The molecule has 188 valence electrons. The molecule has 4 aromatic rings. The molecule has 10 heteroatoms. The smallest absolute Gasteiger partial charge is 0.354 e. The minimum absolute atomic E-state index is 0.273. The van der Waals surface area contributed by atoms with Gasteiger partial charge in [0.05, 0.1) is 12.3 Å². The first-order valence-corrected chi connectivity index (χ1v) is 11.8. The quantitative estimate of drug-likeness (QED) is 0.199. The molecule has 37 heavy (non-hydrogen) atoms. The van der Waals surface area contributed by atoms with Crippen molar-refractivity contribution in [3.8, 4) is 0 Å². The summed E-state index contributed by atoms with van der Waals surface area (Å²) in [7, 11) is 0. The number of H-pyrrole nitrogens is 1. The van der Waals surface area contributed by atoms with Crippen molar-refractivity contribution in [2.45, 2.75) is 19.8 Å². The number of hydrogen-bond acceptors (Lipinski definition) is 6. The number of rotatable bonds is 8. The normalized spacial score (nSPS) is 13.6. The molecule has 2 amide bonds. The first-order chi connectivity index (χ1) is 17.9. The molecule has 5 rings (SSSR count). The number of halogens is 1. The van der Waals surface area contributed by atoms with E-state index in [0.29, 0.717) is 35.6 Å². The van der Waals surface area contributed by atoms with Gasteiger partial charge in [-0.25, -0.2) is 14.2 Å². The van der Waals surface area contributed by atoms with Gasteiger partial charge in [0.25, 0.3) is 0 Å². The molecule has 1 aliphatic carbocycles. The Bertz CT molecular complexity index is 1480. The zero-order valence-corrected chi connectivity index (χ0v) is 19.9. The topological polar surface area (TPSA) is 125 Å². The summed E-state index contributed by atoms with van der Waals surface area (Å²) in [5.41, 5.74) is 2.19. The van der Waals surface area contributed by atoms with E-state index >= 15 is 0 Å². The maximum absolute atomic E-state index is 13.1. The van der Waals surface area contributed by atoms with Crippen LogP contribution in [0, 0.1) is 11.2 Å². The van der Waals surface area contributed by atoms with Gasteiger partial charge in [0.1, 0.15) is 22.6 Å². The molecular weight excluding hydrogens is 477 g/mol. The number of nitrogens with zero attached hydrogens (tertiary/aromatic N) is 1. The number of nitrogens with one attached hydrogen (secondary N) is 4. The van der Waals surface area contributed by atoms with Gasteiger partial charge in [-0.3, -0.25) is 9.59 Å². The van der Waals surface area contributed by atoms with Gasteiger partial charge in [-0.1, -0.05) is 0 Å². The SMILES string of the molecule is CCOC(=O)c1cc2c(Nc3ccc(NC(=O)C4(C(=O)Nc5ccc(F)cc5)CC4)cc3)ccnc2[nH]1. The predicted molar refractivity (Wildman–Crippen MR) is 137 cm³/mol. The zero-order chi connectivity index (χ0) is 26.0. The van der Waals surface area contributed by atoms with Crippen LogP contribution in [0.3, 0.4) is 0 Å². The van der Waals surface area contributed by atoms with Gasteiger partial charge in [0.15, 0.2) is 0 Å². The molecule has 0 aliphatic heterocycles. The number of carbonyl (C=O) groups is 3. The standard InChI is InChI=1S/C27H24FN5O4/c1-2-37-24(34)22-15-20-21(11-14-29-23(20)33-22)30-17-7-9-19(10-8-17)32-26(36)27(12-13-27)25(35)31-18-5-3-16(28)4-6-18/h3-11,14-15H,2,12-13H2,1H3,(H,31,35)(H,32,36)(H2,29,30,33). The van der Waals surface area contributed by atoms with Crippen LogP contribution in [0.1, 0.15) is 30.3 Å². The summed E-state index contributed by atoms with van der Waals surface area (Å²) in [5.74, 6) is -1.66. The molecule has 0 bridgehead atoms. The molecule has 0 spiro atoms. The summed E-state index contributed by atoms with van der Waals surface area (Å²) < 4.78 is 18.2. The first kappa shape index (κ1) is 24.0. The average molecular weight is 502 g/mol. The van der Waals surface area contributed by atoms with Crippen LogP contribution in [-0.4, -0.2) is 34.4 Å². The van der Waals surface area contributed by atoms with E-state index < -0.39 is 23.1 Å². The molecule has 1 saturated carbocycles. The van der Waals surface area contributed by atoms with Crippen molar-refractivity contribution < 1.29 is 23.5 Å². The molecule has 4 N–H and O–H groups in total. The highest BCUT2D eigenvalue weighted by Crippen LogP contribution is 2.47. The minimum atomic E-state index is -1.14. The predicted octanol–water partition coefficient (Wildman–Crippen LogP) is 4.98. The summed E-state index contributed by atoms with van der Waals surface area (Å²) in [4.78, 5) is 44.9. The van der Waals surface area contributed by atoms with E-state index in [1.165, 1.54) is 24.3 Å². The van der Waals surface area contributed by atoms with Crippen LogP contribution < -0.4 is 16.0 Å².